The van der Waals surface area contributed by atoms with Crippen LogP contribution < -0.4 is 5.73 Å². The molecule has 0 aliphatic rings. The average molecular weight is 312 g/mol. The highest BCUT2D eigenvalue weighted by molar-refractivity contribution is 7.89. The van der Waals surface area contributed by atoms with Gasteiger partial charge in [-0.25, -0.2) is 8.42 Å². The van der Waals surface area contributed by atoms with Gasteiger partial charge >= 0.3 is 0 Å². The Morgan fingerprint density at radius 2 is 1.48 bits per heavy atom. The highest BCUT2D eigenvalue weighted by atomic mass is 32.2. The molecule has 1 rings (SSSR count). The normalized spacial score (nSPS) is 12.5. The summed E-state index contributed by atoms with van der Waals surface area (Å²) in [5.41, 5.74) is 6.17. The van der Waals surface area contributed by atoms with E-state index in [1.165, 1.54) is 0 Å². The van der Waals surface area contributed by atoms with Crippen LogP contribution in [0.5, 0.6) is 0 Å². The first kappa shape index (κ1) is 18.0. The molecule has 0 aromatic heterocycles. The van der Waals surface area contributed by atoms with E-state index < -0.39 is 10.0 Å². The minimum atomic E-state index is -3.51. The third kappa shape index (κ3) is 5.32. The molecule has 0 saturated heterocycles. The molecule has 21 heavy (non-hydrogen) atoms. The first-order valence-electron chi connectivity index (χ1n) is 7.59. The Morgan fingerprint density at radius 1 is 1.00 bits per heavy atom. The van der Waals surface area contributed by atoms with E-state index in [2.05, 4.69) is 27.7 Å². The molecule has 0 aliphatic heterocycles. The smallest absolute Gasteiger partial charge is 0.245 e. The van der Waals surface area contributed by atoms with Crippen molar-refractivity contribution >= 4 is 15.7 Å². The maximum Gasteiger partial charge on any atom is 0.245 e. The van der Waals surface area contributed by atoms with Gasteiger partial charge in [0.05, 0.1) is 5.69 Å². The average Bonchev–Trinajstić information content (AvgIpc) is 2.37. The molecule has 120 valence electrons. The molecule has 5 heteroatoms. The summed E-state index contributed by atoms with van der Waals surface area (Å²) in [6, 6.07) is 6.69. The summed E-state index contributed by atoms with van der Waals surface area (Å²) >= 11 is 0. The maximum atomic E-state index is 12.8. The Morgan fingerprint density at radius 3 is 1.90 bits per heavy atom. The lowest BCUT2D eigenvalue weighted by Gasteiger charge is -2.24. The summed E-state index contributed by atoms with van der Waals surface area (Å²) in [6.07, 6.45) is 1.70. The molecule has 0 spiro atoms. The topological polar surface area (TPSA) is 63.4 Å². The van der Waals surface area contributed by atoms with Crippen LogP contribution in [0.3, 0.4) is 0 Å². The number of para-hydroxylation sites is 1. The lowest BCUT2D eigenvalue weighted by atomic mass is 10.1. The van der Waals surface area contributed by atoms with Gasteiger partial charge < -0.3 is 5.73 Å². The van der Waals surface area contributed by atoms with Gasteiger partial charge in [-0.2, -0.15) is 4.31 Å². The number of hydrogen-bond acceptors (Lipinski definition) is 3. The van der Waals surface area contributed by atoms with Crippen LogP contribution in [-0.4, -0.2) is 25.8 Å². The van der Waals surface area contributed by atoms with Gasteiger partial charge in [-0.05, 0) is 36.8 Å². The van der Waals surface area contributed by atoms with E-state index in [1.807, 2.05) is 0 Å². The Balaban J connectivity index is 3.01. The van der Waals surface area contributed by atoms with Crippen molar-refractivity contribution < 1.29 is 8.42 Å². The zero-order valence-corrected chi connectivity index (χ0v) is 14.4. The molecule has 0 unspecified atom stereocenters. The van der Waals surface area contributed by atoms with Crippen LogP contribution in [0.25, 0.3) is 0 Å². The van der Waals surface area contributed by atoms with Crippen LogP contribution in [0.4, 0.5) is 5.69 Å². The molecule has 0 saturated carbocycles. The largest absolute Gasteiger partial charge is 0.398 e. The third-order valence-corrected chi connectivity index (χ3v) is 5.42. The number of anilines is 1. The first-order valence-corrected chi connectivity index (χ1v) is 9.03. The fraction of sp³-hybridized carbons (Fsp3) is 0.625. The summed E-state index contributed by atoms with van der Waals surface area (Å²) < 4.78 is 27.2. The van der Waals surface area contributed by atoms with Crippen molar-refractivity contribution in [2.45, 2.75) is 45.4 Å². The summed E-state index contributed by atoms with van der Waals surface area (Å²) in [6.45, 7) is 9.49. The van der Waals surface area contributed by atoms with Gasteiger partial charge in [0.1, 0.15) is 4.90 Å². The van der Waals surface area contributed by atoms with E-state index >= 15 is 0 Å². The highest BCUT2D eigenvalue weighted by Gasteiger charge is 2.26. The van der Waals surface area contributed by atoms with Crippen LogP contribution in [0.2, 0.25) is 0 Å². The zero-order valence-electron chi connectivity index (χ0n) is 13.5. The summed E-state index contributed by atoms with van der Waals surface area (Å²) in [4.78, 5) is 0.220. The van der Waals surface area contributed by atoms with Crippen molar-refractivity contribution in [2.24, 2.45) is 11.8 Å². The molecule has 0 amide bonds. The second kappa shape index (κ2) is 7.80. The second-order valence-electron chi connectivity index (χ2n) is 6.31. The van der Waals surface area contributed by atoms with Gasteiger partial charge in [-0.3, -0.25) is 0 Å². The molecule has 0 fully saturated rings. The monoisotopic (exact) mass is 312 g/mol. The number of hydrogen-bond donors (Lipinski definition) is 1. The summed E-state index contributed by atoms with van der Waals surface area (Å²) in [7, 11) is -3.51. The van der Waals surface area contributed by atoms with Crippen LogP contribution in [0, 0.1) is 11.8 Å². The predicted molar refractivity (Wildman–Crippen MR) is 88.5 cm³/mol. The van der Waals surface area contributed by atoms with Crippen LogP contribution in [0.1, 0.15) is 40.5 Å². The SMILES string of the molecule is CC(C)CCN(CCC(C)C)S(=O)(=O)c1ccccc1N. The molecule has 1 aromatic rings. The van der Waals surface area contributed by atoms with Crippen LogP contribution in [0.15, 0.2) is 29.2 Å². The van der Waals surface area contributed by atoms with Crippen molar-refractivity contribution in [1.82, 2.24) is 4.31 Å². The fourth-order valence-electron chi connectivity index (χ4n) is 2.01. The summed E-state index contributed by atoms with van der Waals surface area (Å²) in [5.74, 6) is 0.935. The van der Waals surface area contributed by atoms with E-state index in [0.717, 1.165) is 12.8 Å². The minimum absolute atomic E-state index is 0.220. The lowest BCUT2D eigenvalue weighted by Crippen LogP contribution is -2.34. The Labute approximate surface area is 129 Å². The van der Waals surface area contributed by atoms with E-state index in [4.69, 9.17) is 5.73 Å². The Bertz CT molecular complexity index is 527. The van der Waals surface area contributed by atoms with E-state index in [-0.39, 0.29) is 4.90 Å². The van der Waals surface area contributed by atoms with Gasteiger partial charge in [0.15, 0.2) is 0 Å². The Hall–Kier alpha value is -1.07. The Kier molecular flexibility index (Phi) is 6.68. The van der Waals surface area contributed by atoms with Crippen molar-refractivity contribution in [3.05, 3.63) is 24.3 Å². The molecule has 0 atom stereocenters. The van der Waals surface area contributed by atoms with Gasteiger partial charge in [0, 0.05) is 13.1 Å². The molecule has 1 aromatic carbocycles. The molecule has 4 nitrogen and oxygen atoms in total. The summed E-state index contributed by atoms with van der Waals surface area (Å²) in [5, 5.41) is 0. The number of sulfonamides is 1. The molecule has 0 aliphatic carbocycles. The van der Waals surface area contributed by atoms with E-state index in [9.17, 15) is 8.42 Å². The van der Waals surface area contributed by atoms with Crippen LogP contribution in [-0.2, 0) is 10.0 Å². The van der Waals surface area contributed by atoms with Crippen molar-refractivity contribution in [2.75, 3.05) is 18.8 Å². The molecule has 0 heterocycles. The fourth-order valence-corrected chi connectivity index (χ4v) is 3.60. The van der Waals surface area contributed by atoms with Gasteiger partial charge in [-0.1, -0.05) is 39.8 Å². The van der Waals surface area contributed by atoms with E-state index in [1.54, 1.807) is 28.6 Å². The first-order chi connectivity index (χ1) is 9.75. The second-order valence-corrected chi connectivity index (χ2v) is 8.21. The molecule has 0 radical (unpaired) electrons. The number of benzene rings is 1. The molecule has 2 N–H and O–H groups in total. The zero-order chi connectivity index (χ0) is 16.0. The number of nitrogens with two attached hydrogens (primary N) is 1. The lowest BCUT2D eigenvalue weighted by molar-refractivity contribution is 0.357. The van der Waals surface area contributed by atoms with Gasteiger partial charge in [0.2, 0.25) is 10.0 Å². The maximum absolute atomic E-state index is 12.8. The highest BCUT2D eigenvalue weighted by Crippen LogP contribution is 2.23. The minimum Gasteiger partial charge on any atom is -0.398 e. The number of rotatable bonds is 8. The van der Waals surface area contributed by atoms with Gasteiger partial charge in [-0.15, -0.1) is 0 Å². The van der Waals surface area contributed by atoms with Gasteiger partial charge in [0.25, 0.3) is 0 Å². The standard InChI is InChI=1S/C16H28N2O2S/c1-13(2)9-11-18(12-10-14(3)4)21(19,20)16-8-6-5-7-15(16)17/h5-8,13-14H,9-12,17H2,1-4H3. The molecule has 0 bridgehead atoms. The quantitative estimate of drug-likeness (QED) is 0.749. The van der Waals surface area contributed by atoms with Crippen molar-refractivity contribution in [1.29, 1.82) is 0 Å². The third-order valence-electron chi connectivity index (χ3n) is 3.45. The van der Waals surface area contributed by atoms with E-state index in [0.29, 0.717) is 30.6 Å². The number of nitrogens with zero attached hydrogens (tertiary/aromatic N) is 1. The van der Waals surface area contributed by atoms with Crippen molar-refractivity contribution in [3.63, 3.8) is 0 Å². The number of nitrogen functional groups attached to an aromatic ring is 1. The molecular formula is C16H28N2O2S. The molecular weight excluding hydrogens is 284 g/mol. The predicted octanol–water partition coefficient (Wildman–Crippen LogP) is 3.35. The van der Waals surface area contributed by atoms with Crippen LogP contribution >= 0.6 is 0 Å². The van der Waals surface area contributed by atoms with Crippen molar-refractivity contribution in [3.8, 4) is 0 Å².